The average Bonchev–Trinajstić information content (AvgIpc) is 2.21. The Morgan fingerprint density at radius 1 is 1.10 bits per heavy atom. The molecular formula is C16H26F2O2. The largest absolute Gasteiger partial charge is 0.390 e. The molecule has 0 aromatic heterocycles. The van der Waals surface area contributed by atoms with E-state index in [0.717, 1.165) is 25.7 Å². The van der Waals surface area contributed by atoms with Crippen molar-refractivity contribution in [3.8, 4) is 0 Å². The highest BCUT2D eigenvalue weighted by Crippen LogP contribution is 2.62. The van der Waals surface area contributed by atoms with Crippen LogP contribution >= 0.6 is 0 Å². The van der Waals surface area contributed by atoms with Crippen LogP contribution in [0.4, 0.5) is 8.78 Å². The lowest BCUT2D eigenvalue weighted by Gasteiger charge is -2.60. The van der Waals surface area contributed by atoms with Crippen molar-refractivity contribution < 1.29 is 18.6 Å². The van der Waals surface area contributed by atoms with Crippen molar-refractivity contribution >= 4 is 0 Å². The molecule has 20 heavy (non-hydrogen) atoms. The summed E-state index contributed by atoms with van der Waals surface area (Å²) in [5, 5.41) is 10.6. The summed E-state index contributed by atoms with van der Waals surface area (Å²) in [5.41, 5.74) is -2.01. The van der Waals surface area contributed by atoms with E-state index in [0.29, 0.717) is 18.3 Å². The van der Waals surface area contributed by atoms with Gasteiger partial charge in [-0.1, -0.05) is 20.8 Å². The molecule has 4 fully saturated rings. The Morgan fingerprint density at radius 3 is 2.10 bits per heavy atom. The van der Waals surface area contributed by atoms with E-state index >= 15 is 0 Å². The van der Waals surface area contributed by atoms with Crippen LogP contribution in [-0.4, -0.2) is 23.4 Å². The number of ether oxygens (including phenoxy) is 1. The predicted molar refractivity (Wildman–Crippen MR) is 72.4 cm³/mol. The quantitative estimate of drug-likeness (QED) is 0.851. The van der Waals surface area contributed by atoms with E-state index in [9.17, 15) is 13.9 Å². The van der Waals surface area contributed by atoms with Gasteiger partial charge in [0, 0.05) is 0 Å². The molecule has 1 N–H and O–H groups in total. The summed E-state index contributed by atoms with van der Waals surface area (Å²) in [6, 6.07) is 0. The van der Waals surface area contributed by atoms with Crippen LogP contribution in [0.5, 0.6) is 0 Å². The first-order chi connectivity index (χ1) is 9.03. The summed E-state index contributed by atoms with van der Waals surface area (Å²) in [6.45, 7) is 4.59. The molecule has 0 spiro atoms. The lowest BCUT2D eigenvalue weighted by atomic mass is 9.48. The van der Waals surface area contributed by atoms with Crippen LogP contribution in [0.25, 0.3) is 0 Å². The first kappa shape index (κ1) is 14.7. The van der Waals surface area contributed by atoms with Gasteiger partial charge in [0.25, 0.3) is 0 Å². The van der Waals surface area contributed by atoms with E-state index in [2.05, 4.69) is 0 Å². The lowest BCUT2D eigenvalue weighted by Crippen LogP contribution is -2.57. The fraction of sp³-hybridized carbons (Fsp3) is 1.00. The Balaban J connectivity index is 1.72. The third-order valence-electron chi connectivity index (χ3n) is 5.58. The fourth-order valence-corrected chi connectivity index (χ4v) is 5.03. The summed E-state index contributed by atoms with van der Waals surface area (Å²) in [7, 11) is 0. The van der Waals surface area contributed by atoms with E-state index in [1.165, 1.54) is 27.2 Å². The number of alkyl halides is 2. The molecule has 4 bridgehead atoms. The van der Waals surface area contributed by atoms with Crippen LogP contribution in [-0.2, 0) is 4.74 Å². The third kappa shape index (κ3) is 2.39. The number of halogens is 2. The van der Waals surface area contributed by atoms with Crippen LogP contribution in [0.1, 0.15) is 59.3 Å². The molecular weight excluding hydrogens is 262 g/mol. The van der Waals surface area contributed by atoms with Gasteiger partial charge in [0.05, 0.1) is 17.6 Å². The molecule has 4 saturated carbocycles. The molecule has 2 unspecified atom stereocenters. The van der Waals surface area contributed by atoms with E-state index in [-0.39, 0.29) is 12.0 Å². The zero-order valence-corrected chi connectivity index (χ0v) is 12.7. The van der Waals surface area contributed by atoms with Gasteiger partial charge < -0.3 is 9.84 Å². The third-order valence-corrected chi connectivity index (χ3v) is 5.58. The molecule has 4 aliphatic rings. The highest BCUT2D eigenvalue weighted by atomic mass is 19.3. The maximum Gasteiger partial charge on any atom is 0.360 e. The van der Waals surface area contributed by atoms with Crippen LogP contribution < -0.4 is 0 Å². The second-order valence-corrected chi connectivity index (χ2v) is 8.74. The standard InChI is InChI=1S/C16H26F2O2/c1-13(2,3)16(17,18)20-10-14-5-11-4-12(6-14)8-15(19,7-11)9-14/h11-12,19H,4-10H2,1-3H3. The lowest BCUT2D eigenvalue weighted by molar-refractivity contribution is -0.316. The summed E-state index contributed by atoms with van der Waals surface area (Å²) < 4.78 is 33.1. The van der Waals surface area contributed by atoms with Gasteiger partial charge in [-0.3, -0.25) is 0 Å². The van der Waals surface area contributed by atoms with Gasteiger partial charge >= 0.3 is 6.11 Å². The maximum absolute atomic E-state index is 14.0. The van der Waals surface area contributed by atoms with Crippen molar-refractivity contribution in [1.82, 2.24) is 0 Å². The highest BCUT2D eigenvalue weighted by molar-refractivity contribution is 5.08. The van der Waals surface area contributed by atoms with Crippen LogP contribution in [0.15, 0.2) is 0 Å². The van der Waals surface area contributed by atoms with Crippen molar-refractivity contribution in [1.29, 1.82) is 0 Å². The van der Waals surface area contributed by atoms with Crippen LogP contribution in [0, 0.1) is 22.7 Å². The van der Waals surface area contributed by atoms with E-state index in [1.807, 2.05) is 0 Å². The molecule has 2 nitrogen and oxygen atoms in total. The van der Waals surface area contributed by atoms with Gasteiger partial charge in [0.2, 0.25) is 0 Å². The molecule has 0 heterocycles. The van der Waals surface area contributed by atoms with Gasteiger partial charge in [-0.2, -0.15) is 8.78 Å². The second kappa shape index (κ2) is 4.16. The predicted octanol–water partition coefficient (Wildman–Crippen LogP) is 3.97. The topological polar surface area (TPSA) is 29.5 Å². The van der Waals surface area contributed by atoms with Crippen molar-refractivity contribution in [2.24, 2.45) is 22.7 Å². The van der Waals surface area contributed by atoms with Crippen LogP contribution in [0.3, 0.4) is 0 Å². The zero-order chi connectivity index (χ0) is 14.8. The van der Waals surface area contributed by atoms with Crippen molar-refractivity contribution in [3.05, 3.63) is 0 Å². The SMILES string of the molecule is CC(C)(C)C(F)(F)OCC12CC3CC(CC(O)(C3)C1)C2. The monoisotopic (exact) mass is 288 g/mol. The van der Waals surface area contributed by atoms with E-state index < -0.39 is 17.1 Å². The number of hydrogen-bond acceptors (Lipinski definition) is 2. The zero-order valence-electron chi connectivity index (χ0n) is 12.7. The molecule has 4 rings (SSSR count). The molecule has 0 amide bonds. The van der Waals surface area contributed by atoms with Gasteiger partial charge in [0.1, 0.15) is 0 Å². The van der Waals surface area contributed by atoms with Gasteiger partial charge in [-0.25, -0.2) is 0 Å². The molecule has 0 aromatic carbocycles. The van der Waals surface area contributed by atoms with Crippen molar-refractivity contribution in [2.75, 3.05) is 6.61 Å². The van der Waals surface area contributed by atoms with E-state index in [1.54, 1.807) is 0 Å². The van der Waals surface area contributed by atoms with Crippen molar-refractivity contribution in [2.45, 2.75) is 71.0 Å². The molecule has 4 aliphatic carbocycles. The minimum absolute atomic E-state index is 0.0899. The minimum atomic E-state index is -3.11. The Hall–Kier alpha value is -0.220. The van der Waals surface area contributed by atoms with Gasteiger partial charge in [-0.15, -0.1) is 0 Å². The molecule has 0 radical (unpaired) electrons. The Labute approximate surface area is 119 Å². The number of aliphatic hydroxyl groups is 1. The Bertz CT molecular complexity index is 386. The first-order valence-corrected chi connectivity index (χ1v) is 7.77. The molecule has 116 valence electrons. The molecule has 0 aromatic rings. The number of hydrogen-bond donors (Lipinski definition) is 1. The highest BCUT2D eigenvalue weighted by Gasteiger charge is 2.58. The first-order valence-electron chi connectivity index (χ1n) is 7.77. The summed E-state index contributed by atoms with van der Waals surface area (Å²) >= 11 is 0. The minimum Gasteiger partial charge on any atom is -0.390 e. The second-order valence-electron chi connectivity index (χ2n) is 8.74. The summed E-state index contributed by atoms with van der Waals surface area (Å²) in [5.74, 6) is 1.02. The maximum atomic E-state index is 14.0. The fourth-order valence-electron chi connectivity index (χ4n) is 5.03. The Kier molecular flexibility index (Phi) is 3.06. The van der Waals surface area contributed by atoms with Gasteiger partial charge in [0.15, 0.2) is 0 Å². The Morgan fingerprint density at radius 2 is 1.65 bits per heavy atom. The number of rotatable bonds is 3. The average molecular weight is 288 g/mol. The van der Waals surface area contributed by atoms with E-state index in [4.69, 9.17) is 4.74 Å². The molecule has 4 heteroatoms. The molecule has 2 atom stereocenters. The normalized spacial score (nSPS) is 44.1. The smallest absolute Gasteiger partial charge is 0.360 e. The molecule has 0 saturated heterocycles. The van der Waals surface area contributed by atoms with Gasteiger partial charge in [-0.05, 0) is 55.8 Å². The van der Waals surface area contributed by atoms with Crippen LogP contribution in [0.2, 0.25) is 0 Å². The summed E-state index contributed by atoms with van der Waals surface area (Å²) in [4.78, 5) is 0. The molecule has 0 aliphatic heterocycles. The van der Waals surface area contributed by atoms with Crippen molar-refractivity contribution in [3.63, 3.8) is 0 Å². The summed E-state index contributed by atoms with van der Waals surface area (Å²) in [6.07, 6.45) is 2.33.